The van der Waals surface area contributed by atoms with Gasteiger partial charge in [-0.3, -0.25) is 9.59 Å². The summed E-state index contributed by atoms with van der Waals surface area (Å²) in [6, 6.07) is 17.6. The lowest BCUT2D eigenvalue weighted by molar-refractivity contribution is -0.139. The zero-order valence-electron chi connectivity index (χ0n) is 20.2. The number of hydrogen-bond acceptors (Lipinski definition) is 7. The van der Waals surface area contributed by atoms with E-state index in [2.05, 4.69) is 6.07 Å². The minimum atomic E-state index is -0.952. The summed E-state index contributed by atoms with van der Waals surface area (Å²) in [4.78, 5) is 24.5. The highest BCUT2D eigenvalue weighted by atomic mass is 16.5. The van der Waals surface area contributed by atoms with Crippen molar-refractivity contribution in [3.05, 3.63) is 76.9 Å². The van der Waals surface area contributed by atoms with E-state index < -0.39 is 11.9 Å². The number of carboxylic acids is 1. The second kappa shape index (κ2) is 10.2. The Hall–Kier alpha value is -4.51. The van der Waals surface area contributed by atoms with Crippen LogP contribution in [-0.4, -0.2) is 37.2 Å². The van der Waals surface area contributed by atoms with Crippen LogP contribution in [-0.2, 0) is 11.2 Å². The van der Waals surface area contributed by atoms with Gasteiger partial charge in [0.05, 0.1) is 31.8 Å². The van der Waals surface area contributed by atoms with Gasteiger partial charge in [0, 0.05) is 35.6 Å². The van der Waals surface area contributed by atoms with Gasteiger partial charge in [-0.05, 0) is 54.8 Å². The summed E-state index contributed by atoms with van der Waals surface area (Å²) >= 11 is 0. The average molecular weight is 500 g/mol. The van der Waals surface area contributed by atoms with Crippen molar-refractivity contribution in [1.29, 1.82) is 5.26 Å². The quantitative estimate of drug-likeness (QED) is 0.445. The van der Waals surface area contributed by atoms with Crippen LogP contribution in [0.1, 0.15) is 45.8 Å². The maximum atomic E-state index is 12.9. The number of carbonyl (C=O) groups excluding carboxylic acids is 1. The summed E-state index contributed by atoms with van der Waals surface area (Å²) in [5.74, 6) is 1.06. The number of carbonyl (C=O) groups is 2. The Bertz CT molecular complexity index is 1390. The molecular weight excluding hydrogens is 474 g/mol. The monoisotopic (exact) mass is 499 g/mol. The van der Waals surface area contributed by atoms with Crippen molar-refractivity contribution in [1.82, 2.24) is 0 Å². The van der Waals surface area contributed by atoms with Crippen LogP contribution in [0.5, 0.6) is 28.7 Å². The first-order valence-electron chi connectivity index (χ1n) is 12.0. The lowest BCUT2D eigenvalue weighted by Gasteiger charge is -2.25. The molecule has 188 valence electrons. The Morgan fingerprint density at radius 3 is 2.57 bits per heavy atom. The molecule has 37 heavy (non-hydrogen) atoms. The number of ketones is 1. The maximum absolute atomic E-state index is 12.9. The lowest BCUT2D eigenvalue weighted by Crippen LogP contribution is -2.23. The van der Waals surface area contributed by atoms with Crippen LogP contribution in [0.25, 0.3) is 0 Å². The van der Waals surface area contributed by atoms with Gasteiger partial charge in [0.25, 0.3) is 0 Å². The fraction of sp³-hybridized carbons (Fsp3) is 0.276. The SMILES string of the molecule is COc1ccc2c(c1)OCC(CC(=O)c1ccc(Oc3cc4c(cc3C#N)C(C(=O)O)CCO4)cc1)C2. The summed E-state index contributed by atoms with van der Waals surface area (Å²) in [5, 5.41) is 19.1. The first-order chi connectivity index (χ1) is 17.9. The van der Waals surface area contributed by atoms with Crippen LogP contribution in [0.15, 0.2) is 54.6 Å². The third kappa shape index (κ3) is 5.07. The van der Waals surface area contributed by atoms with Crippen LogP contribution in [0.3, 0.4) is 0 Å². The molecule has 2 unspecified atom stereocenters. The van der Waals surface area contributed by atoms with E-state index in [0.29, 0.717) is 42.1 Å². The highest BCUT2D eigenvalue weighted by Gasteiger charge is 2.29. The largest absolute Gasteiger partial charge is 0.497 e. The third-order valence-corrected chi connectivity index (χ3v) is 6.71. The third-order valence-electron chi connectivity index (χ3n) is 6.71. The fourth-order valence-electron chi connectivity index (χ4n) is 4.74. The molecular formula is C29H25NO7. The number of aliphatic carboxylic acids is 1. The molecule has 8 heteroatoms. The van der Waals surface area contributed by atoms with Gasteiger partial charge in [0.15, 0.2) is 5.78 Å². The number of hydrogen-bond donors (Lipinski definition) is 1. The highest BCUT2D eigenvalue weighted by Crippen LogP contribution is 2.40. The number of nitriles is 1. The molecule has 3 aromatic rings. The minimum Gasteiger partial charge on any atom is -0.497 e. The molecule has 2 heterocycles. The molecule has 2 atom stereocenters. The van der Waals surface area contributed by atoms with Crippen molar-refractivity contribution in [2.45, 2.75) is 25.2 Å². The summed E-state index contributed by atoms with van der Waals surface area (Å²) in [6.07, 6.45) is 1.46. The van der Waals surface area contributed by atoms with Crippen LogP contribution in [0, 0.1) is 17.2 Å². The number of Topliss-reactive ketones (excluding diaryl/α,β-unsaturated/α-hetero) is 1. The summed E-state index contributed by atoms with van der Waals surface area (Å²) in [7, 11) is 1.61. The zero-order valence-corrected chi connectivity index (χ0v) is 20.2. The Labute approximate surface area is 214 Å². The van der Waals surface area contributed by atoms with Crippen LogP contribution in [0.2, 0.25) is 0 Å². The molecule has 0 bridgehead atoms. The Morgan fingerprint density at radius 2 is 1.84 bits per heavy atom. The molecule has 0 saturated carbocycles. The zero-order chi connectivity index (χ0) is 25.9. The Morgan fingerprint density at radius 1 is 1.05 bits per heavy atom. The predicted molar refractivity (Wildman–Crippen MR) is 133 cm³/mol. The van der Waals surface area contributed by atoms with Crippen molar-refractivity contribution < 1.29 is 33.6 Å². The molecule has 5 rings (SSSR count). The number of ether oxygens (including phenoxy) is 4. The number of fused-ring (bicyclic) bond motifs is 2. The average Bonchev–Trinajstić information content (AvgIpc) is 2.92. The molecule has 2 aliphatic rings. The summed E-state index contributed by atoms with van der Waals surface area (Å²) in [5.41, 5.74) is 2.31. The molecule has 1 N–H and O–H groups in total. The lowest BCUT2D eigenvalue weighted by atomic mass is 9.90. The first kappa shape index (κ1) is 24.2. The Balaban J connectivity index is 1.26. The second-order valence-electron chi connectivity index (χ2n) is 9.13. The van der Waals surface area contributed by atoms with Gasteiger partial charge < -0.3 is 24.1 Å². The Kier molecular flexibility index (Phi) is 6.69. The minimum absolute atomic E-state index is 0.0109. The summed E-state index contributed by atoms with van der Waals surface area (Å²) < 4.78 is 22.6. The van der Waals surface area contributed by atoms with Crippen molar-refractivity contribution >= 4 is 11.8 Å². The number of carboxylic acid groups (broad SMARTS) is 1. The predicted octanol–water partition coefficient (Wildman–Crippen LogP) is 5.13. The standard InChI is InChI=1S/C29H25NO7/c1-34-22-7-4-19-10-17(16-36-26(19)13-22)11-25(31)18-2-5-21(6-3-18)37-27-14-28-24(12-20(27)15-30)23(29(32)33)8-9-35-28/h2-7,12-14,17,23H,8-11,16H2,1H3,(H,32,33). The maximum Gasteiger partial charge on any atom is 0.311 e. The smallest absolute Gasteiger partial charge is 0.311 e. The first-order valence-corrected chi connectivity index (χ1v) is 12.0. The number of methoxy groups -OCH3 is 1. The molecule has 0 saturated heterocycles. The van der Waals surface area contributed by atoms with Crippen molar-refractivity contribution in [2.75, 3.05) is 20.3 Å². The van der Waals surface area contributed by atoms with Gasteiger partial charge in [0.1, 0.15) is 34.8 Å². The van der Waals surface area contributed by atoms with Crippen LogP contribution >= 0.6 is 0 Å². The van der Waals surface area contributed by atoms with Gasteiger partial charge in [0.2, 0.25) is 0 Å². The second-order valence-corrected chi connectivity index (χ2v) is 9.13. The van der Waals surface area contributed by atoms with E-state index in [-0.39, 0.29) is 29.6 Å². The van der Waals surface area contributed by atoms with Gasteiger partial charge in [-0.1, -0.05) is 6.07 Å². The van der Waals surface area contributed by atoms with Crippen molar-refractivity contribution in [2.24, 2.45) is 5.92 Å². The van der Waals surface area contributed by atoms with E-state index in [9.17, 15) is 20.0 Å². The normalized spacial score (nSPS) is 17.7. The topological polar surface area (TPSA) is 115 Å². The fourth-order valence-corrected chi connectivity index (χ4v) is 4.74. The number of benzene rings is 3. The molecule has 0 amide bonds. The highest BCUT2D eigenvalue weighted by molar-refractivity contribution is 5.96. The molecule has 8 nitrogen and oxygen atoms in total. The van der Waals surface area contributed by atoms with E-state index in [1.54, 1.807) is 37.4 Å². The van der Waals surface area contributed by atoms with Gasteiger partial charge >= 0.3 is 5.97 Å². The molecule has 0 spiro atoms. The van der Waals surface area contributed by atoms with E-state index in [1.165, 1.54) is 6.07 Å². The van der Waals surface area contributed by atoms with Crippen molar-refractivity contribution in [3.8, 4) is 34.8 Å². The molecule has 0 radical (unpaired) electrons. The molecule has 3 aromatic carbocycles. The van der Waals surface area contributed by atoms with Gasteiger partial charge in [-0.15, -0.1) is 0 Å². The summed E-state index contributed by atoms with van der Waals surface area (Å²) in [6.45, 7) is 0.741. The number of rotatable bonds is 7. The van der Waals surface area contributed by atoms with E-state index in [1.807, 2.05) is 18.2 Å². The van der Waals surface area contributed by atoms with Crippen molar-refractivity contribution in [3.63, 3.8) is 0 Å². The van der Waals surface area contributed by atoms with Gasteiger partial charge in [-0.2, -0.15) is 5.26 Å². The van der Waals surface area contributed by atoms with Crippen LogP contribution in [0.4, 0.5) is 0 Å². The van der Waals surface area contributed by atoms with E-state index >= 15 is 0 Å². The van der Waals surface area contributed by atoms with Gasteiger partial charge in [-0.25, -0.2) is 0 Å². The van der Waals surface area contributed by atoms with E-state index in [0.717, 1.165) is 23.5 Å². The molecule has 0 aliphatic carbocycles. The molecule has 2 aliphatic heterocycles. The van der Waals surface area contributed by atoms with E-state index in [4.69, 9.17) is 18.9 Å². The number of nitrogens with zero attached hydrogens (tertiary/aromatic N) is 1. The molecule has 0 aromatic heterocycles. The molecule has 0 fully saturated rings. The van der Waals surface area contributed by atoms with Crippen LogP contribution < -0.4 is 18.9 Å².